The van der Waals surface area contributed by atoms with Crippen molar-refractivity contribution in [2.45, 2.75) is 18.9 Å². The number of benzene rings is 1. The van der Waals surface area contributed by atoms with Crippen molar-refractivity contribution >= 4 is 23.2 Å². The molecule has 94 valence electrons. The summed E-state index contributed by atoms with van der Waals surface area (Å²) in [4.78, 5) is 0. The van der Waals surface area contributed by atoms with Gasteiger partial charge in [-0.3, -0.25) is 0 Å². The van der Waals surface area contributed by atoms with E-state index >= 15 is 0 Å². The fraction of sp³-hybridized carbons (Fsp3) is 0.538. The number of hydrogen-bond donors (Lipinski definition) is 1. The topological polar surface area (TPSA) is 21.3 Å². The van der Waals surface area contributed by atoms with Crippen molar-refractivity contribution < 1.29 is 4.74 Å². The first-order valence-electron chi connectivity index (χ1n) is 5.93. The van der Waals surface area contributed by atoms with E-state index < -0.39 is 0 Å². The lowest BCUT2D eigenvalue weighted by atomic mass is 9.87. The molecule has 1 aliphatic heterocycles. The van der Waals surface area contributed by atoms with Crippen molar-refractivity contribution in [2.75, 3.05) is 20.3 Å². The normalized spacial score (nSPS) is 19.2. The van der Waals surface area contributed by atoms with E-state index in [1.54, 1.807) is 0 Å². The minimum absolute atomic E-state index is 0.255. The van der Waals surface area contributed by atoms with Gasteiger partial charge in [0, 0.05) is 19.3 Å². The summed E-state index contributed by atoms with van der Waals surface area (Å²) in [6.45, 7) is 1.67. The van der Waals surface area contributed by atoms with Gasteiger partial charge in [-0.15, -0.1) is 0 Å². The van der Waals surface area contributed by atoms with E-state index in [-0.39, 0.29) is 6.04 Å². The van der Waals surface area contributed by atoms with E-state index in [4.69, 9.17) is 27.9 Å². The summed E-state index contributed by atoms with van der Waals surface area (Å²) in [5.74, 6) is 0.560. The predicted molar refractivity (Wildman–Crippen MR) is 71.8 cm³/mol. The van der Waals surface area contributed by atoms with Gasteiger partial charge >= 0.3 is 0 Å². The van der Waals surface area contributed by atoms with Crippen molar-refractivity contribution in [1.82, 2.24) is 5.32 Å². The molecule has 0 spiro atoms. The lowest BCUT2D eigenvalue weighted by molar-refractivity contribution is 0.0546. The number of hydrogen-bond acceptors (Lipinski definition) is 2. The van der Waals surface area contributed by atoms with Crippen LogP contribution in [-0.2, 0) is 4.74 Å². The molecule has 2 rings (SSSR count). The summed E-state index contributed by atoms with van der Waals surface area (Å²) in [6.07, 6.45) is 2.13. The van der Waals surface area contributed by atoms with Gasteiger partial charge in [0.05, 0.1) is 10.0 Å². The Hall–Kier alpha value is -0.280. The third-order valence-corrected chi connectivity index (χ3v) is 4.20. The molecule has 17 heavy (non-hydrogen) atoms. The monoisotopic (exact) mass is 273 g/mol. The zero-order valence-electron chi connectivity index (χ0n) is 9.88. The van der Waals surface area contributed by atoms with Crippen LogP contribution in [0.15, 0.2) is 18.2 Å². The molecular weight excluding hydrogens is 257 g/mol. The molecule has 0 aliphatic carbocycles. The molecule has 1 aromatic carbocycles. The number of rotatable bonds is 3. The van der Waals surface area contributed by atoms with E-state index in [1.165, 1.54) is 0 Å². The first kappa shape index (κ1) is 13.2. The molecule has 1 saturated heterocycles. The molecule has 1 aromatic rings. The Morgan fingerprint density at radius 3 is 2.65 bits per heavy atom. The first-order chi connectivity index (χ1) is 8.24. The van der Waals surface area contributed by atoms with E-state index in [0.717, 1.165) is 31.6 Å². The van der Waals surface area contributed by atoms with Gasteiger partial charge in [0.2, 0.25) is 0 Å². The van der Waals surface area contributed by atoms with Gasteiger partial charge in [0.15, 0.2) is 0 Å². The lowest BCUT2D eigenvalue weighted by Gasteiger charge is -2.31. The fourth-order valence-electron chi connectivity index (χ4n) is 2.45. The second-order valence-corrected chi connectivity index (χ2v) is 5.14. The minimum Gasteiger partial charge on any atom is -0.381 e. The Morgan fingerprint density at radius 1 is 1.29 bits per heavy atom. The number of nitrogens with one attached hydrogen (secondary N) is 1. The van der Waals surface area contributed by atoms with Crippen molar-refractivity contribution in [3.8, 4) is 0 Å². The SMILES string of the molecule is CNC(c1cccc(Cl)c1Cl)C1CCOCC1. The Kier molecular flexibility index (Phi) is 4.69. The van der Waals surface area contributed by atoms with Gasteiger partial charge in [-0.1, -0.05) is 35.3 Å². The lowest BCUT2D eigenvalue weighted by Crippen LogP contribution is -2.30. The van der Waals surface area contributed by atoms with Crippen molar-refractivity contribution in [3.63, 3.8) is 0 Å². The zero-order chi connectivity index (χ0) is 12.3. The highest BCUT2D eigenvalue weighted by atomic mass is 35.5. The summed E-state index contributed by atoms with van der Waals surface area (Å²) in [5, 5.41) is 4.65. The predicted octanol–water partition coefficient (Wildman–Crippen LogP) is 3.68. The van der Waals surface area contributed by atoms with Crippen LogP contribution >= 0.6 is 23.2 Å². The molecule has 2 nitrogen and oxygen atoms in total. The van der Waals surface area contributed by atoms with E-state index in [2.05, 4.69) is 5.32 Å². The highest BCUT2D eigenvalue weighted by Crippen LogP contribution is 2.36. The molecule has 0 saturated carbocycles. The molecule has 0 amide bonds. The van der Waals surface area contributed by atoms with Crippen LogP contribution < -0.4 is 5.32 Å². The maximum Gasteiger partial charge on any atom is 0.0640 e. The summed E-state index contributed by atoms with van der Waals surface area (Å²) < 4.78 is 5.40. The van der Waals surface area contributed by atoms with Crippen molar-refractivity contribution in [1.29, 1.82) is 0 Å². The quantitative estimate of drug-likeness (QED) is 0.907. The average Bonchev–Trinajstić information content (AvgIpc) is 2.37. The van der Waals surface area contributed by atoms with Crippen LogP contribution in [-0.4, -0.2) is 20.3 Å². The van der Waals surface area contributed by atoms with Gasteiger partial charge in [-0.2, -0.15) is 0 Å². The highest BCUT2D eigenvalue weighted by molar-refractivity contribution is 6.42. The summed E-state index contributed by atoms with van der Waals surface area (Å²) in [7, 11) is 1.97. The van der Waals surface area contributed by atoms with E-state index in [0.29, 0.717) is 16.0 Å². The molecule has 1 unspecified atom stereocenters. The van der Waals surface area contributed by atoms with E-state index in [1.807, 2.05) is 25.2 Å². The average molecular weight is 274 g/mol. The number of halogens is 2. The van der Waals surface area contributed by atoms with Crippen LogP contribution in [0.4, 0.5) is 0 Å². The molecular formula is C13H17Cl2NO. The molecule has 4 heteroatoms. The minimum atomic E-state index is 0.255. The first-order valence-corrected chi connectivity index (χ1v) is 6.68. The summed E-state index contributed by atoms with van der Waals surface area (Å²) >= 11 is 12.4. The Balaban J connectivity index is 2.24. The fourth-order valence-corrected chi connectivity index (χ4v) is 2.88. The second kappa shape index (κ2) is 6.05. The van der Waals surface area contributed by atoms with Crippen LogP contribution in [0.1, 0.15) is 24.4 Å². The van der Waals surface area contributed by atoms with Crippen LogP contribution in [0.3, 0.4) is 0 Å². The van der Waals surface area contributed by atoms with Gasteiger partial charge in [-0.05, 0) is 37.4 Å². The van der Waals surface area contributed by atoms with Crippen LogP contribution in [0.2, 0.25) is 10.0 Å². The van der Waals surface area contributed by atoms with Crippen LogP contribution in [0.5, 0.6) is 0 Å². The molecule has 1 heterocycles. The molecule has 0 bridgehead atoms. The largest absolute Gasteiger partial charge is 0.381 e. The second-order valence-electron chi connectivity index (χ2n) is 4.36. The summed E-state index contributed by atoms with van der Waals surface area (Å²) in [6, 6.07) is 6.08. The zero-order valence-corrected chi connectivity index (χ0v) is 11.4. The standard InChI is InChI=1S/C13H17Cl2NO/c1-16-13(9-5-7-17-8-6-9)10-3-2-4-11(14)12(10)15/h2-4,9,13,16H,5-8H2,1H3. The van der Waals surface area contributed by atoms with Crippen LogP contribution in [0, 0.1) is 5.92 Å². The van der Waals surface area contributed by atoms with Crippen LogP contribution in [0.25, 0.3) is 0 Å². The Morgan fingerprint density at radius 2 is 2.00 bits per heavy atom. The molecule has 1 atom stereocenters. The van der Waals surface area contributed by atoms with E-state index in [9.17, 15) is 0 Å². The summed E-state index contributed by atoms with van der Waals surface area (Å²) in [5.41, 5.74) is 1.09. The maximum absolute atomic E-state index is 6.28. The molecule has 1 fully saturated rings. The Bertz CT molecular complexity index is 378. The van der Waals surface area contributed by atoms with Crippen molar-refractivity contribution in [3.05, 3.63) is 33.8 Å². The van der Waals surface area contributed by atoms with Gasteiger partial charge in [0.25, 0.3) is 0 Å². The third-order valence-electron chi connectivity index (χ3n) is 3.36. The van der Waals surface area contributed by atoms with Gasteiger partial charge in [0.1, 0.15) is 0 Å². The number of ether oxygens (including phenoxy) is 1. The molecule has 0 radical (unpaired) electrons. The van der Waals surface area contributed by atoms with Gasteiger partial charge < -0.3 is 10.1 Å². The molecule has 0 aromatic heterocycles. The van der Waals surface area contributed by atoms with Crippen molar-refractivity contribution in [2.24, 2.45) is 5.92 Å². The highest BCUT2D eigenvalue weighted by Gasteiger charge is 2.26. The van der Waals surface area contributed by atoms with Gasteiger partial charge in [-0.25, -0.2) is 0 Å². The molecule has 1 aliphatic rings. The third kappa shape index (κ3) is 2.94. The smallest absolute Gasteiger partial charge is 0.0640 e. The Labute approximate surface area is 112 Å². The maximum atomic E-state index is 6.28. The molecule has 1 N–H and O–H groups in total.